The molecule has 2 N–H and O–H groups in total. The second kappa shape index (κ2) is 9.39. The van der Waals surface area contributed by atoms with Crippen LogP contribution in [0.4, 0.5) is 4.39 Å². The van der Waals surface area contributed by atoms with E-state index in [9.17, 15) is 4.39 Å². The summed E-state index contributed by atoms with van der Waals surface area (Å²) in [5.41, 5.74) is 1.64. The molecule has 1 aromatic carbocycles. The summed E-state index contributed by atoms with van der Waals surface area (Å²) in [6.45, 7) is 11.4. The van der Waals surface area contributed by atoms with Gasteiger partial charge in [-0.1, -0.05) is 13.8 Å². The number of aliphatic imine (C=N–C) groups is 1. The van der Waals surface area contributed by atoms with Crippen LogP contribution in [0, 0.1) is 18.7 Å². The van der Waals surface area contributed by atoms with Crippen molar-refractivity contribution in [2.24, 2.45) is 10.9 Å². The Morgan fingerprint density at radius 2 is 2.18 bits per heavy atom. The molecule has 1 fully saturated rings. The molecule has 1 saturated heterocycles. The van der Waals surface area contributed by atoms with Crippen LogP contribution in [0.25, 0.3) is 11.0 Å². The van der Waals surface area contributed by atoms with Crippen molar-refractivity contribution in [3.63, 3.8) is 0 Å². The lowest BCUT2D eigenvalue weighted by molar-refractivity contribution is -0.0284. The van der Waals surface area contributed by atoms with Crippen LogP contribution in [0.3, 0.4) is 0 Å². The van der Waals surface area contributed by atoms with E-state index in [1.54, 1.807) is 13.1 Å². The number of hydrogen-bond acceptors (Lipinski definition) is 4. The first-order chi connectivity index (χ1) is 13.5. The van der Waals surface area contributed by atoms with Crippen molar-refractivity contribution in [1.82, 2.24) is 15.5 Å². The van der Waals surface area contributed by atoms with Crippen LogP contribution in [0.1, 0.15) is 25.2 Å². The number of aryl methyl sites for hydroxylation is 1. The van der Waals surface area contributed by atoms with E-state index in [0.717, 1.165) is 43.0 Å². The molecule has 0 amide bonds. The summed E-state index contributed by atoms with van der Waals surface area (Å²) in [5, 5.41) is 7.40. The Labute approximate surface area is 166 Å². The maximum absolute atomic E-state index is 13.5. The molecule has 0 bridgehead atoms. The maximum Gasteiger partial charge on any atom is 0.191 e. The molecule has 1 aliphatic heterocycles. The predicted octanol–water partition coefficient (Wildman–Crippen LogP) is 2.90. The van der Waals surface area contributed by atoms with Gasteiger partial charge in [-0.15, -0.1) is 0 Å². The van der Waals surface area contributed by atoms with Gasteiger partial charge >= 0.3 is 0 Å². The largest absolute Gasteiger partial charge is 0.459 e. The van der Waals surface area contributed by atoms with Crippen LogP contribution < -0.4 is 10.6 Å². The number of furan rings is 1. The van der Waals surface area contributed by atoms with Gasteiger partial charge < -0.3 is 19.8 Å². The third-order valence-corrected chi connectivity index (χ3v) is 4.98. The number of morpholine rings is 1. The van der Waals surface area contributed by atoms with Crippen LogP contribution in [0.15, 0.2) is 27.6 Å². The van der Waals surface area contributed by atoms with E-state index in [1.807, 2.05) is 6.92 Å². The molecular formula is C21H31FN4O2. The van der Waals surface area contributed by atoms with Gasteiger partial charge in [0, 0.05) is 44.2 Å². The van der Waals surface area contributed by atoms with Gasteiger partial charge in [-0.3, -0.25) is 9.89 Å². The lowest BCUT2D eigenvalue weighted by Crippen LogP contribution is -2.50. The summed E-state index contributed by atoms with van der Waals surface area (Å²) in [6, 6.07) is 4.58. The summed E-state index contributed by atoms with van der Waals surface area (Å²) >= 11 is 0. The molecule has 6 nitrogen and oxygen atoms in total. The Bertz CT molecular complexity index is 818. The first kappa shape index (κ1) is 20.6. The molecule has 1 unspecified atom stereocenters. The van der Waals surface area contributed by atoms with E-state index in [-0.39, 0.29) is 11.9 Å². The number of nitrogens with zero attached hydrogens (tertiary/aromatic N) is 2. The summed E-state index contributed by atoms with van der Waals surface area (Å²) < 4.78 is 25.2. The van der Waals surface area contributed by atoms with Gasteiger partial charge in [0.25, 0.3) is 0 Å². The number of halogens is 1. The van der Waals surface area contributed by atoms with Gasteiger partial charge in [-0.05, 0) is 31.0 Å². The Hall–Kier alpha value is -2.12. The highest BCUT2D eigenvalue weighted by molar-refractivity contribution is 5.83. The average Bonchev–Trinajstić information content (AvgIpc) is 2.97. The van der Waals surface area contributed by atoms with Crippen molar-refractivity contribution in [3.05, 3.63) is 35.3 Å². The van der Waals surface area contributed by atoms with E-state index in [1.165, 1.54) is 12.1 Å². The van der Waals surface area contributed by atoms with Gasteiger partial charge in [0.1, 0.15) is 17.2 Å². The minimum Gasteiger partial charge on any atom is -0.459 e. The zero-order chi connectivity index (χ0) is 20.1. The number of guanidine groups is 1. The number of fused-ring (bicyclic) bond motifs is 1. The molecular weight excluding hydrogens is 359 g/mol. The van der Waals surface area contributed by atoms with Crippen LogP contribution in [0.5, 0.6) is 0 Å². The molecule has 7 heteroatoms. The summed E-state index contributed by atoms with van der Waals surface area (Å²) in [4.78, 5) is 6.73. The van der Waals surface area contributed by atoms with Gasteiger partial charge in [-0.25, -0.2) is 4.39 Å². The molecule has 0 aliphatic carbocycles. The van der Waals surface area contributed by atoms with E-state index in [0.29, 0.717) is 30.5 Å². The fourth-order valence-corrected chi connectivity index (χ4v) is 3.59. The molecule has 1 aliphatic rings. The zero-order valence-corrected chi connectivity index (χ0v) is 17.2. The second-order valence-electron chi connectivity index (χ2n) is 7.74. The Morgan fingerprint density at radius 3 is 2.93 bits per heavy atom. The van der Waals surface area contributed by atoms with Crippen molar-refractivity contribution < 1.29 is 13.5 Å². The lowest BCUT2D eigenvalue weighted by Gasteiger charge is -2.34. The van der Waals surface area contributed by atoms with Gasteiger partial charge in [0.05, 0.1) is 19.3 Å². The highest BCUT2D eigenvalue weighted by Gasteiger charge is 2.21. The maximum atomic E-state index is 13.5. The standard InChI is InChI=1S/C21H31FN4O2/c1-14(2)12-26-7-8-27-17(13-26)10-24-21(23-4)25-11-20-15(3)18-9-16(22)5-6-19(18)28-20/h5-6,9,14,17H,7-8,10-13H2,1-4H3,(H2,23,24,25). The van der Waals surface area contributed by atoms with Gasteiger partial charge in [0.2, 0.25) is 0 Å². The molecule has 2 heterocycles. The van der Waals surface area contributed by atoms with Gasteiger partial charge in [-0.2, -0.15) is 0 Å². The number of nitrogens with one attached hydrogen (secondary N) is 2. The average molecular weight is 391 g/mol. The molecule has 1 atom stereocenters. The molecule has 0 saturated carbocycles. The minimum absolute atomic E-state index is 0.141. The van der Waals surface area contributed by atoms with Crippen molar-refractivity contribution in [1.29, 1.82) is 0 Å². The highest BCUT2D eigenvalue weighted by atomic mass is 19.1. The minimum atomic E-state index is -0.257. The van der Waals surface area contributed by atoms with Crippen LogP contribution in [0.2, 0.25) is 0 Å². The van der Waals surface area contributed by atoms with Crippen molar-refractivity contribution in [2.45, 2.75) is 33.4 Å². The van der Waals surface area contributed by atoms with E-state index in [4.69, 9.17) is 9.15 Å². The zero-order valence-electron chi connectivity index (χ0n) is 17.2. The smallest absolute Gasteiger partial charge is 0.191 e. The van der Waals surface area contributed by atoms with E-state index in [2.05, 4.69) is 34.4 Å². The SMILES string of the molecule is CN=C(NCc1oc2ccc(F)cc2c1C)NCC1CN(CC(C)C)CCO1. The number of benzene rings is 1. The van der Waals surface area contributed by atoms with Crippen LogP contribution in [-0.4, -0.2) is 56.8 Å². The molecule has 3 rings (SSSR count). The number of ether oxygens (including phenoxy) is 1. The molecule has 1 aromatic heterocycles. The summed E-state index contributed by atoms with van der Waals surface area (Å²) in [6.07, 6.45) is 0.141. The molecule has 2 aromatic rings. The summed E-state index contributed by atoms with van der Waals surface area (Å²) in [7, 11) is 1.74. The fraction of sp³-hybridized carbons (Fsp3) is 0.571. The number of rotatable bonds is 6. The normalized spacial score (nSPS) is 18.8. The fourth-order valence-electron chi connectivity index (χ4n) is 3.59. The highest BCUT2D eigenvalue weighted by Crippen LogP contribution is 2.25. The van der Waals surface area contributed by atoms with Crippen LogP contribution >= 0.6 is 0 Å². The van der Waals surface area contributed by atoms with Crippen molar-refractivity contribution >= 4 is 16.9 Å². The third-order valence-electron chi connectivity index (χ3n) is 4.98. The molecule has 154 valence electrons. The predicted molar refractivity (Wildman–Crippen MR) is 110 cm³/mol. The Kier molecular flexibility index (Phi) is 6.91. The summed E-state index contributed by atoms with van der Waals surface area (Å²) in [5.74, 6) is 1.87. The first-order valence-corrected chi connectivity index (χ1v) is 9.92. The van der Waals surface area contributed by atoms with E-state index >= 15 is 0 Å². The third kappa shape index (κ3) is 5.23. The molecule has 0 radical (unpaired) electrons. The van der Waals surface area contributed by atoms with Crippen molar-refractivity contribution in [2.75, 3.05) is 39.8 Å². The topological polar surface area (TPSA) is 62.0 Å². The van der Waals surface area contributed by atoms with Gasteiger partial charge in [0.15, 0.2) is 5.96 Å². The molecule has 28 heavy (non-hydrogen) atoms. The molecule has 0 spiro atoms. The Balaban J connectivity index is 1.52. The monoisotopic (exact) mass is 390 g/mol. The van der Waals surface area contributed by atoms with Crippen molar-refractivity contribution in [3.8, 4) is 0 Å². The van der Waals surface area contributed by atoms with E-state index < -0.39 is 0 Å². The lowest BCUT2D eigenvalue weighted by atomic mass is 10.1. The van der Waals surface area contributed by atoms with Crippen LogP contribution in [-0.2, 0) is 11.3 Å². The quantitative estimate of drug-likeness (QED) is 0.587. The number of hydrogen-bond donors (Lipinski definition) is 2. The Morgan fingerprint density at radius 1 is 1.36 bits per heavy atom. The second-order valence-corrected chi connectivity index (χ2v) is 7.74. The first-order valence-electron chi connectivity index (χ1n) is 9.92.